The first-order valence-corrected chi connectivity index (χ1v) is 9.86. The molecule has 0 bridgehead atoms. The first-order valence-electron chi connectivity index (χ1n) is 8.42. The first kappa shape index (κ1) is 18.8. The molecule has 0 N–H and O–H groups in total. The molecule has 7 heteroatoms. The van der Waals surface area contributed by atoms with E-state index in [0.29, 0.717) is 11.8 Å². The molecule has 4 nitrogen and oxygen atoms in total. The van der Waals surface area contributed by atoms with Gasteiger partial charge in [-0.3, -0.25) is 0 Å². The molecule has 1 fully saturated rings. The fourth-order valence-electron chi connectivity index (χ4n) is 2.98. The molecule has 0 aromatic heterocycles. The highest BCUT2D eigenvalue weighted by atomic mass is 32.2. The Balaban J connectivity index is 1.96. The van der Waals surface area contributed by atoms with E-state index in [1.54, 1.807) is 31.4 Å². The molecule has 1 unspecified atom stereocenters. The van der Waals surface area contributed by atoms with Crippen molar-refractivity contribution in [1.82, 2.24) is 4.31 Å². The van der Waals surface area contributed by atoms with E-state index in [0.717, 1.165) is 30.5 Å². The number of ether oxygens (including phenoxy) is 1. The molecule has 1 atom stereocenters. The van der Waals surface area contributed by atoms with Gasteiger partial charge < -0.3 is 4.74 Å². The Morgan fingerprint density at radius 3 is 2.35 bits per heavy atom. The van der Waals surface area contributed by atoms with Gasteiger partial charge in [-0.05, 0) is 55.5 Å². The summed E-state index contributed by atoms with van der Waals surface area (Å²) >= 11 is 0. The van der Waals surface area contributed by atoms with Crippen molar-refractivity contribution in [3.63, 3.8) is 0 Å². The minimum Gasteiger partial charge on any atom is -0.497 e. The molecule has 0 spiro atoms. The van der Waals surface area contributed by atoms with E-state index < -0.39 is 26.6 Å². The highest BCUT2D eigenvalue weighted by Crippen LogP contribution is 2.38. The summed E-state index contributed by atoms with van der Waals surface area (Å²) in [6, 6.07) is 9.33. The molecule has 1 aliphatic rings. The van der Waals surface area contributed by atoms with Crippen molar-refractivity contribution in [2.75, 3.05) is 7.11 Å². The molecule has 2 aromatic rings. The van der Waals surface area contributed by atoms with Crippen molar-refractivity contribution in [2.24, 2.45) is 5.92 Å². The quantitative estimate of drug-likeness (QED) is 0.729. The van der Waals surface area contributed by atoms with Crippen LogP contribution in [0.15, 0.2) is 47.4 Å². The van der Waals surface area contributed by atoms with Gasteiger partial charge in [0, 0.05) is 18.7 Å². The number of hydrogen-bond donors (Lipinski definition) is 0. The highest BCUT2D eigenvalue weighted by molar-refractivity contribution is 7.89. The molecule has 0 radical (unpaired) electrons. The Morgan fingerprint density at radius 2 is 1.81 bits per heavy atom. The molecule has 140 valence electrons. The van der Waals surface area contributed by atoms with Crippen molar-refractivity contribution in [3.05, 3.63) is 59.7 Å². The maximum absolute atomic E-state index is 14.2. The molecule has 2 aromatic carbocycles. The van der Waals surface area contributed by atoms with Gasteiger partial charge in [-0.1, -0.05) is 12.1 Å². The number of halogens is 2. The van der Waals surface area contributed by atoms with Crippen LogP contribution < -0.4 is 4.74 Å². The van der Waals surface area contributed by atoms with Crippen LogP contribution in [0.2, 0.25) is 0 Å². The third-order valence-corrected chi connectivity index (χ3v) is 6.70. The second-order valence-corrected chi connectivity index (χ2v) is 8.41. The van der Waals surface area contributed by atoms with Crippen LogP contribution in [0.4, 0.5) is 8.78 Å². The van der Waals surface area contributed by atoms with Crippen molar-refractivity contribution < 1.29 is 21.9 Å². The summed E-state index contributed by atoms with van der Waals surface area (Å²) in [6.07, 6.45) is 1.89. The van der Waals surface area contributed by atoms with Gasteiger partial charge in [-0.2, -0.15) is 4.31 Å². The number of sulfonamides is 1. The SMILES string of the molecule is COc1ccc(CN(C(C)C2CC2)S(=O)(=O)c2ccc(F)cc2F)cc1. The minimum absolute atomic E-state index is 0.112. The maximum Gasteiger partial charge on any atom is 0.246 e. The smallest absolute Gasteiger partial charge is 0.246 e. The molecular weight excluding hydrogens is 360 g/mol. The summed E-state index contributed by atoms with van der Waals surface area (Å²) in [6.45, 7) is 1.95. The largest absolute Gasteiger partial charge is 0.497 e. The molecule has 1 aliphatic carbocycles. The van der Waals surface area contributed by atoms with Gasteiger partial charge in [0.15, 0.2) is 0 Å². The predicted molar refractivity (Wildman–Crippen MR) is 94.3 cm³/mol. The molecule has 0 heterocycles. The molecule has 1 saturated carbocycles. The molecule has 3 rings (SSSR count). The summed E-state index contributed by atoms with van der Waals surface area (Å²) in [4.78, 5) is -0.500. The lowest BCUT2D eigenvalue weighted by atomic mass is 10.1. The van der Waals surface area contributed by atoms with Crippen molar-refractivity contribution >= 4 is 10.0 Å². The number of benzene rings is 2. The van der Waals surface area contributed by atoms with E-state index in [1.807, 2.05) is 6.92 Å². The van der Waals surface area contributed by atoms with Crippen molar-refractivity contribution in [3.8, 4) is 5.75 Å². The summed E-state index contributed by atoms with van der Waals surface area (Å²) in [5.74, 6) is -0.958. The van der Waals surface area contributed by atoms with Gasteiger partial charge in [-0.15, -0.1) is 0 Å². The van der Waals surface area contributed by atoms with E-state index in [1.165, 1.54) is 4.31 Å². The fraction of sp³-hybridized carbons (Fsp3) is 0.368. The lowest BCUT2D eigenvalue weighted by Gasteiger charge is -2.29. The molecule has 26 heavy (non-hydrogen) atoms. The topological polar surface area (TPSA) is 46.6 Å². The van der Waals surface area contributed by atoms with Crippen LogP contribution in [0, 0.1) is 17.6 Å². The van der Waals surface area contributed by atoms with Crippen LogP contribution in [-0.2, 0) is 16.6 Å². The van der Waals surface area contributed by atoms with Crippen LogP contribution >= 0.6 is 0 Å². The third-order valence-electron chi connectivity index (χ3n) is 4.74. The van der Waals surface area contributed by atoms with E-state index in [2.05, 4.69) is 0 Å². The maximum atomic E-state index is 14.2. The van der Waals surface area contributed by atoms with Crippen LogP contribution in [-0.4, -0.2) is 25.9 Å². The van der Waals surface area contributed by atoms with E-state index in [-0.39, 0.29) is 18.5 Å². The number of nitrogens with zero attached hydrogens (tertiary/aromatic N) is 1. The van der Waals surface area contributed by atoms with Gasteiger partial charge in [0.2, 0.25) is 10.0 Å². The average molecular weight is 381 g/mol. The number of hydrogen-bond acceptors (Lipinski definition) is 3. The summed E-state index contributed by atoms with van der Waals surface area (Å²) in [5.41, 5.74) is 0.768. The Hall–Kier alpha value is -1.99. The minimum atomic E-state index is -4.11. The zero-order chi connectivity index (χ0) is 18.9. The van der Waals surface area contributed by atoms with Crippen molar-refractivity contribution in [1.29, 1.82) is 0 Å². The molecule has 0 aliphatic heterocycles. The van der Waals surface area contributed by atoms with E-state index >= 15 is 0 Å². The Bertz CT molecular complexity index is 880. The second kappa shape index (κ2) is 7.32. The standard InChI is InChI=1S/C19H21F2NO3S/c1-13(15-5-6-15)22(12-14-3-8-17(25-2)9-4-14)26(23,24)19-10-7-16(20)11-18(19)21/h3-4,7-11,13,15H,5-6,12H2,1-2H3. The molecule has 0 saturated heterocycles. The highest BCUT2D eigenvalue weighted by Gasteiger charge is 2.39. The summed E-state index contributed by atoms with van der Waals surface area (Å²) < 4.78 is 60.0. The van der Waals surface area contributed by atoms with Crippen LogP contribution in [0.25, 0.3) is 0 Å². The van der Waals surface area contributed by atoms with Crippen LogP contribution in [0.3, 0.4) is 0 Å². The Labute approximate surface area is 152 Å². The molecular formula is C19H21F2NO3S. The lowest BCUT2D eigenvalue weighted by molar-refractivity contribution is 0.301. The van der Waals surface area contributed by atoms with Crippen LogP contribution in [0.5, 0.6) is 5.75 Å². The Kier molecular flexibility index (Phi) is 5.29. The molecule has 0 amide bonds. The average Bonchev–Trinajstić information content (AvgIpc) is 3.44. The van der Waals surface area contributed by atoms with E-state index in [4.69, 9.17) is 4.74 Å². The fourth-order valence-corrected chi connectivity index (χ4v) is 4.71. The monoisotopic (exact) mass is 381 g/mol. The van der Waals surface area contributed by atoms with Crippen molar-refractivity contribution in [2.45, 2.75) is 37.2 Å². The summed E-state index contributed by atoms with van der Waals surface area (Å²) in [7, 11) is -2.55. The lowest BCUT2D eigenvalue weighted by Crippen LogP contribution is -2.39. The van der Waals surface area contributed by atoms with Crippen LogP contribution in [0.1, 0.15) is 25.3 Å². The van der Waals surface area contributed by atoms with E-state index in [9.17, 15) is 17.2 Å². The first-order chi connectivity index (χ1) is 12.3. The predicted octanol–water partition coefficient (Wildman–Crippen LogP) is 3.96. The van der Waals surface area contributed by atoms with Gasteiger partial charge in [0.25, 0.3) is 0 Å². The zero-order valence-corrected chi connectivity index (χ0v) is 15.5. The zero-order valence-electron chi connectivity index (χ0n) is 14.7. The number of methoxy groups -OCH3 is 1. The number of rotatable bonds is 7. The normalized spacial score (nSPS) is 15.9. The third kappa shape index (κ3) is 3.88. The second-order valence-electron chi connectivity index (χ2n) is 6.55. The summed E-state index contributed by atoms with van der Waals surface area (Å²) in [5, 5.41) is 0. The van der Waals surface area contributed by atoms with Gasteiger partial charge >= 0.3 is 0 Å². The van der Waals surface area contributed by atoms with Gasteiger partial charge in [0.1, 0.15) is 22.3 Å². The Morgan fingerprint density at radius 1 is 1.15 bits per heavy atom. The van der Waals surface area contributed by atoms with Gasteiger partial charge in [0.05, 0.1) is 7.11 Å². The van der Waals surface area contributed by atoms with Gasteiger partial charge in [-0.25, -0.2) is 17.2 Å².